The van der Waals surface area contributed by atoms with Crippen molar-refractivity contribution in [3.8, 4) is 5.75 Å². The standard InChI is InChI=1S/C5H4BrNO2S/c6-4-1-3(2-10-4)9-5(7)8/h1-2H,(H2,7,8). The van der Waals surface area contributed by atoms with Crippen LogP contribution in [-0.4, -0.2) is 6.09 Å². The van der Waals surface area contributed by atoms with Gasteiger partial charge in [0.25, 0.3) is 0 Å². The number of thiophene rings is 1. The van der Waals surface area contributed by atoms with Crippen LogP contribution in [0.15, 0.2) is 15.2 Å². The van der Waals surface area contributed by atoms with Crippen LogP contribution in [0.3, 0.4) is 0 Å². The number of carbonyl (C=O) groups excluding carboxylic acids is 1. The molecule has 0 atom stereocenters. The molecule has 1 aromatic heterocycles. The van der Waals surface area contributed by atoms with Gasteiger partial charge >= 0.3 is 6.09 Å². The van der Waals surface area contributed by atoms with Crippen LogP contribution in [0.5, 0.6) is 5.75 Å². The molecule has 0 aromatic carbocycles. The van der Waals surface area contributed by atoms with Gasteiger partial charge in [0.1, 0.15) is 5.75 Å². The van der Waals surface area contributed by atoms with Crippen LogP contribution < -0.4 is 10.5 Å². The molecule has 0 spiro atoms. The third kappa shape index (κ3) is 2.00. The Balaban J connectivity index is 2.67. The first-order valence-corrected chi connectivity index (χ1v) is 4.07. The SMILES string of the molecule is NC(=O)Oc1csc(Br)c1. The zero-order valence-corrected chi connectivity index (χ0v) is 7.24. The van der Waals surface area contributed by atoms with Gasteiger partial charge in [0.2, 0.25) is 0 Å². The van der Waals surface area contributed by atoms with Gasteiger partial charge < -0.3 is 10.5 Å². The zero-order valence-electron chi connectivity index (χ0n) is 4.83. The predicted octanol–water partition coefficient (Wildman–Crippen LogP) is 1.97. The lowest BCUT2D eigenvalue weighted by molar-refractivity contribution is 0.211. The van der Waals surface area contributed by atoms with E-state index in [4.69, 9.17) is 5.73 Å². The molecule has 1 aromatic rings. The summed E-state index contributed by atoms with van der Waals surface area (Å²) in [7, 11) is 0. The van der Waals surface area contributed by atoms with Crippen LogP contribution in [0.2, 0.25) is 0 Å². The molecule has 1 heterocycles. The molecule has 3 nitrogen and oxygen atoms in total. The van der Waals surface area contributed by atoms with Crippen molar-refractivity contribution in [3.63, 3.8) is 0 Å². The highest BCUT2D eigenvalue weighted by Crippen LogP contribution is 2.25. The molecule has 5 heteroatoms. The van der Waals surface area contributed by atoms with Crippen LogP contribution in [0.25, 0.3) is 0 Å². The summed E-state index contributed by atoms with van der Waals surface area (Å²) >= 11 is 4.64. The fourth-order valence-electron chi connectivity index (χ4n) is 0.464. The average molecular weight is 222 g/mol. The molecule has 2 N–H and O–H groups in total. The summed E-state index contributed by atoms with van der Waals surface area (Å²) in [6, 6.07) is 1.68. The largest absolute Gasteiger partial charge is 0.410 e. The Morgan fingerprint density at radius 3 is 2.90 bits per heavy atom. The summed E-state index contributed by atoms with van der Waals surface area (Å²) in [6.45, 7) is 0. The van der Waals surface area contributed by atoms with Crippen LogP contribution in [0.1, 0.15) is 0 Å². The van der Waals surface area contributed by atoms with Crippen molar-refractivity contribution in [3.05, 3.63) is 15.2 Å². The quantitative estimate of drug-likeness (QED) is 0.789. The highest BCUT2D eigenvalue weighted by atomic mass is 79.9. The molecule has 0 saturated heterocycles. The first kappa shape index (κ1) is 7.56. The maximum absolute atomic E-state index is 10.2. The third-order valence-corrected chi connectivity index (χ3v) is 2.24. The van der Waals surface area contributed by atoms with Gasteiger partial charge in [0.05, 0.1) is 3.79 Å². The van der Waals surface area contributed by atoms with Gasteiger partial charge in [-0.15, -0.1) is 11.3 Å². The van der Waals surface area contributed by atoms with E-state index in [1.165, 1.54) is 11.3 Å². The number of ether oxygens (including phenoxy) is 1. The Kier molecular flexibility index (Phi) is 2.29. The number of amides is 1. The highest BCUT2D eigenvalue weighted by molar-refractivity contribution is 9.11. The van der Waals surface area contributed by atoms with E-state index < -0.39 is 6.09 Å². The molecule has 0 radical (unpaired) electrons. The lowest BCUT2D eigenvalue weighted by Crippen LogP contribution is -2.15. The topological polar surface area (TPSA) is 52.3 Å². The molecule has 0 unspecified atom stereocenters. The van der Waals surface area contributed by atoms with E-state index >= 15 is 0 Å². The van der Waals surface area contributed by atoms with Gasteiger partial charge in [-0.05, 0) is 15.9 Å². The molecule has 1 rings (SSSR count). The number of carbonyl (C=O) groups is 1. The van der Waals surface area contributed by atoms with Gasteiger partial charge in [0.15, 0.2) is 0 Å². The fraction of sp³-hybridized carbons (Fsp3) is 0. The van der Waals surface area contributed by atoms with Gasteiger partial charge in [-0.1, -0.05) is 0 Å². The van der Waals surface area contributed by atoms with Crippen LogP contribution in [-0.2, 0) is 0 Å². The first-order valence-electron chi connectivity index (χ1n) is 2.40. The first-order chi connectivity index (χ1) is 4.68. The second-order valence-corrected chi connectivity index (χ2v) is 3.80. The smallest absolute Gasteiger partial charge is 0.409 e. The maximum atomic E-state index is 10.2. The average Bonchev–Trinajstić information content (AvgIpc) is 2.13. The van der Waals surface area contributed by atoms with E-state index in [1.54, 1.807) is 11.4 Å². The number of nitrogens with two attached hydrogens (primary N) is 1. The summed E-state index contributed by atoms with van der Waals surface area (Å²) < 4.78 is 5.46. The van der Waals surface area contributed by atoms with Crippen molar-refractivity contribution in [1.29, 1.82) is 0 Å². The Morgan fingerprint density at radius 1 is 1.80 bits per heavy atom. The van der Waals surface area contributed by atoms with Gasteiger partial charge in [-0.25, -0.2) is 4.79 Å². The molecule has 0 aliphatic carbocycles. The number of hydrogen-bond acceptors (Lipinski definition) is 3. The molecule has 54 valence electrons. The minimum absolute atomic E-state index is 0.476. The van der Waals surface area contributed by atoms with Crippen molar-refractivity contribution >= 4 is 33.4 Å². The Morgan fingerprint density at radius 2 is 2.50 bits per heavy atom. The maximum Gasteiger partial charge on any atom is 0.409 e. The zero-order chi connectivity index (χ0) is 7.56. The Bertz CT molecular complexity index is 248. The molecule has 0 fully saturated rings. The van der Waals surface area contributed by atoms with Gasteiger partial charge in [0, 0.05) is 11.4 Å². The number of hydrogen-bond donors (Lipinski definition) is 1. The molecule has 0 aliphatic rings. The lowest BCUT2D eigenvalue weighted by atomic mass is 10.6. The monoisotopic (exact) mass is 221 g/mol. The summed E-state index contributed by atoms with van der Waals surface area (Å²) in [4.78, 5) is 10.2. The van der Waals surface area contributed by atoms with E-state index in [9.17, 15) is 4.79 Å². The molecular weight excluding hydrogens is 218 g/mol. The van der Waals surface area contributed by atoms with Gasteiger partial charge in [-0.2, -0.15) is 0 Å². The van der Waals surface area contributed by atoms with Crippen LogP contribution >= 0.6 is 27.3 Å². The lowest BCUT2D eigenvalue weighted by Gasteiger charge is -1.92. The van der Waals surface area contributed by atoms with Crippen molar-refractivity contribution in [2.75, 3.05) is 0 Å². The molecular formula is C5H4BrNO2S. The second-order valence-electron chi connectivity index (χ2n) is 1.51. The summed E-state index contributed by atoms with van der Waals surface area (Å²) in [5.74, 6) is 0.476. The molecule has 1 amide bonds. The predicted molar refractivity (Wildman–Crippen MR) is 42.2 cm³/mol. The summed E-state index contributed by atoms with van der Waals surface area (Å²) in [5.41, 5.74) is 4.76. The highest BCUT2D eigenvalue weighted by Gasteiger charge is 1.99. The van der Waals surface area contributed by atoms with E-state index in [0.717, 1.165) is 3.79 Å². The molecule has 10 heavy (non-hydrogen) atoms. The van der Waals surface area contributed by atoms with E-state index in [0.29, 0.717) is 5.75 Å². The van der Waals surface area contributed by atoms with Crippen molar-refractivity contribution in [2.24, 2.45) is 5.73 Å². The number of rotatable bonds is 1. The van der Waals surface area contributed by atoms with Crippen molar-refractivity contribution in [2.45, 2.75) is 0 Å². The summed E-state index contributed by atoms with van der Waals surface area (Å²) in [6.07, 6.45) is -0.787. The minimum atomic E-state index is -0.787. The van der Waals surface area contributed by atoms with E-state index in [-0.39, 0.29) is 0 Å². The van der Waals surface area contributed by atoms with E-state index in [1.807, 2.05) is 0 Å². The molecule has 0 bridgehead atoms. The van der Waals surface area contributed by atoms with Gasteiger partial charge in [-0.3, -0.25) is 0 Å². The number of halogens is 1. The van der Waals surface area contributed by atoms with Crippen LogP contribution in [0, 0.1) is 0 Å². The summed E-state index contributed by atoms with van der Waals surface area (Å²) in [5, 5.41) is 1.69. The molecule has 0 aliphatic heterocycles. The fourth-order valence-corrected chi connectivity index (χ4v) is 1.50. The molecule has 0 saturated carbocycles. The Labute approximate surface area is 69.9 Å². The third-order valence-electron chi connectivity index (χ3n) is 0.762. The van der Waals surface area contributed by atoms with Crippen molar-refractivity contribution < 1.29 is 9.53 Å². The normalized spacial score (nSPS) is 9.30. The van der Waals surface area contributed by atoms with Crippen molar-refractivity contribution in [1.82, 2.24) is 0 Å². The van der Waals surface area contributed by atoms with Crippen LogP contribution in [0.4, 0.5) is 4.79 Å². The number of primary amides is 1. The van der Waals surface area contributed by atoms with E-state index in [2.05, 4.69) is 20.7 Å². The minimum Gasteiger partial charge on any atom is -0.410 e. The second kappa shape index (κ2) is 3.03. The Hall–Kier alpha value is -0.550.